The topological polar surface area (TPSA) is 71.2 Å². The number of carbonyl (C=O) groups is 2. The lowest BCUT2D eigenvalue weighted by Crippen LogP contribution is -2.32. The number of aromatic nitrogens is 1. The monoisotopic (exact) mass is 246 g/mol. The van der Waals surface area contributed by atoms with Crippen molar-refractivity contribution in [1.29, 1.82) is 0 Å². The molecule has 1 amide bonds. The van der Waals surface area contributed by atoms with Crippen molar-refractivity contribution in [3.8, 4) is 0 Å². The lowest BCUT2D eigenvalue weighted by molar-refractivity contribution is -0.145. The number of aromatic amines is 1. The van der Waals surface area contributed by atoms with E-state index in [0.717, 1.165) is 10.9 Å². The molecule has 0 bridgehead atoms. The van der Waals surface area contributed by atoms with Crippen LogP contribution in [0.1, 0.15) is 18.5 Å². The SMILES string of the molecule is COC(=O)C(NC(C)=O)c1c[nH]c2ccccc12. The van der Waals surface area contributed by atoms with Gasteiger partial charge in [-0.15, -0.1) is 0 Å². The maximum Gasteiger partial charge on any atom is 0.333 e. The lowest BCUT2D eigenvalue weighted by atomic mass is 10.1. The maximum atomic E-state index is 11.7. The third-order valence-corrected chi connectivity index (χ3v) is 2.72. The van der Waals surface area contributed by atoms with Crippen LogP contribution >= 0.6 is 0 Å². The first-order chi connectivity index (χ1) is 8.63. The van der Waals surface area contributed by atoms with Crippen LogP contribution < -0.4 is 5.32 Å². The zero-order valence-electron chi connectivity index (χ0n) is 10.2. The van der Waals surface area contributed by atoms with Crippen molar-refractivity contribution in [3.05, 3.63) is 36.0 Å². The molecule has 0 aliphatic carbocycles. The van der Waals surface area contributed by atoms with Crippen molar-refractivity contribution in [1.82, 2.24) is 10.3 Å². The molecule has 5 nitrogen and oxygen atoms in total. The predicted octanol–water partition coefficient (Wildman–Crippen LogP) is 1.52. The van der Waals surface area contributed by atoms with Gasteiger partial charge < -0.3 is 15.0 Å². The number of H-pyrrole nitrogens is 1. The van der Waals surface area contributed by atoms with Crippen molar-refractivity contribution in [2.24, 2.45) is 0 Å². The quantitative estimate of drug-likeness (QED) is 0.806. The number of carbonyl (C=O) groups excluding carboxylic acids is 2. The van der Waals surface area contributed by atoms with Crippen molar-refractivity contribution in [3.63, 3.8) is 0 Å². The molecule has 1 heterocycles. The number of amides is 1. The summed E-state index contributed by atoms with van der Waals surface area (Å²) in [6.45, 7) is 1.37. The van der Waals surface area contributed by atoms with Gasteiger partial charge in [0.1, 0.15) is 0 Å². The summed E-state index contributed by atoms with van der Waals surface area (Å²) in [5.74, 6) is -0.773. The summed E-state index contributed by atoms with van der Waals surface area (Å²) in [5, 5.41) is 3.48. The van der Waals surface area contributed by atoms with E-state index in [4.69, 9.17) is 4.74 Å². The molecule has 0 fully saturated rings. The minimum Gasteiger partial charge on any atom is -0.467 e. The van der Waals surface area contributed by atoms with Crippen molar-refractivity contribution < 1.29 is 14.3 Å². The zero-order chi connectivity index (χ0) is 13.1. The van der Waals surface area contributed by atoms with Crippen LogP contribution in [0.4, 0.5) is 0 Å². The van der Waals surface area contributed by atoms with Gasteiger partial charge in [0, 0.05) is 29.6 Å². The molecule has 0 saturated carbocycles. The smallest absolute Gasteiger partial charge is 0.333 e. The summed E-state index contributed by atoms with van der Waals surface area (Å²) >= 11 is 0. The van der Waals surface area contributed by atoms with Crippen molar-refractivity contribution >= 4 is 22.8 Å². The van der Waals surface area contributed by atoms with E-state index in [-0.39, 0.29) is 5.91 Å². The number of benzene rings is 1. The Kier molecular flexibility index (Phi) is 3.32. The number of para-hydroxylation sites is 1. The first-order valence-corrected chi connectivity index (χ1v) is 5.54. The summed E-state index contributed by atoms with van der Waals surface area (Å²) in [7, 11) is 1.30. The molecule has 2 aromatic rings. The normalized spacial score (nSPS) is 12.1. The Morgan fingerprint density at radius 3 is 2.72 bits per heavy atom. The Hall–Kier alpha value is -2.30. The largest absolute Gasteiger partial charge is 0.467 e. The molecule has 0 saturated heterocycles. The zero-order valence-corrected chi connectivity index (χ0v) is 10.2. The van der Waals surface area contributed by atoms with Gasteiger partial charge >= 0.3 is 5.97 Å². The lowest BCUT2D eigenvalue weighted by Gasteiger charge is -2.14. The Morgan fingerprint density at radius 1 is 1.33 bits per heavy atom. The van der Waals surface area contributed by atoms with Crippen LogP contribution in [0.25, 0.3) is 10.9 Å². The highest BCUT2D eigenvalue weighted by Crippen LogP contribution is 2.24. The minimum absolute atomic E-state index is 0.282. The van der Waals surface area contributed by atoms with Crippen molar-refractivity contribution in [2.45, 2.75) is 13.0 Å². The van der Waals surface area contributed by atoms with Crippen LogP contribution in [0.3, 0.4) is 0 Å². The fraction of sp³-hybridized carbons (Fsp3) is 0.231. The van der Waals surface area contributed by atoms with Crippen LogP contribution in [-0.4, -0.2) is 24.0 Å². The van der Waals surface area contributed by atoms with Crippen LogP contribution in [-0.2, 0) is 14.3 Å². The molecule has 1 unspecified atom stereocenters. The number of hydrogen-bond donors (Lipinski definition) is 2. The van der Waals surface area contributed by atoms with Gasteiger partial charge in [-0.1, -0.05) is 18.2 Å². The molecular formula is C13H14N2O3. The summed E-state index contributed by atoms with van der Waals surface area (Å²) in [5.41, 5.74) is 1.61. The Bertz CT molecular complexity index is 589. The van der Waals surface area contributed by atoms with Gasteiger partial charge in [-0.05, 0) is 6.07 Å². The van der Waals surface area contributed by atoms with Gasteiger partial charge in [-0.3, -0.25) is 4.79 Å². The number of nitrogens with one attached hydrogen (secondary N) is 2. The van der Waals surface area contributed by atoms with Gasteiger partial charge in [-0.2, -0.15) is 0 Å². The van der Waals surface area contributed by atoms with Gasteiger partial charge in [-0.25, -0.2) is 4.79 Å². The highest BCUT2D eigenvalue weighted by molar-refractivity contribution is 5.92. The van der Waals surface area contributed by atoms with E-state index < -0.39 is 12.0 Å². The van der Waals surface area contributed by atoms with Crippen LogP contribution in [0.5, 0.6) is 0 Å². The molecular weight excluding hydrogens is 232 g/mol. The molecule has 2 N–H and O–H groups in total. The van der Waals surface area contributed by atoms with Gasteiger partial charge in [0.2, 0.25) is 5.91 Å². The highest BCUT2D eigenvalue weighted by atomic mass is 16.5. The summed E-state index contributed by atoms with van der Waals surface area (Å²) in [4.78, 5) is 26.0. The molecule has 1 atom stereocenters. The average molecular weight is 246 g/mol. The second-order valence-electron chi connectivity index (χ2n) is 3.95. The van der Waals surface area contributed by atoms with Crippen molar-refractivity contribution in [2.75, 3.05) is 7.11 Å². The van der Waals surface area contributed by atoms with Gasteiger partial charge in [0.25, 0.3) is 0 Å². The number of ether oxygens (including phenoxy) is 1. The Labute approximate surface area is 104 Å². The second kappa shape index (κ2) is 4.91. The standard InChI is InChI=1S/C13H14N2O3/c1-8(16)15-12(13(17)18-2)10-7-14-11-6-4-3-5-9(10)11/h3-7,12,14H,1-2H3,(H,15,16). The summed E-state index contributed by atoms with van der Waals surface area (Å²) in [6.07, 6.45) is 1.71. The van der Waals surface area contributed by atoms with Gasteiger partial charge in [0.05, 0.1) is 7.11 Å². The number of esters is 1. The minimum atomic E-state index is -0.788. The van der Waals surface area contributed by atoms with E-state index in [1.807, 2.05) is 24.3 Å². The van der Waals surface area contributed by atoms with E-state index >= 15 is 0 Å². The third-order valence-electron chi connectivity index (χ3n) is 2.72. The fourth-order valence-corrected chi connectivity index (χ4v) is 1.92. The first-order valence-electron chi connectivity index (χ1n) is 5.54. The van der Waals surface area contributed by atoms with E-state index in [1.165, 1.54) is 14.0 Å². The highest BCUT2D eigenvalue weighted by Gasteiger charge is 2.24. The van der Waals surface area contributed by atoms with E-state index in [1.54, 1.807) is 6.20 Å². The molecule has 0 aliphatic rings. The first kappa shape index (κ1) is 12.2. The fourth-order valence-electron chi connectivity index (χ4n) is 1.92. The third kappa shape index (κ3) is 2.20. The predicted molar refractivity (Wildman–Crippen MR) is 66.9 cm³/mol. The maximum absolute atomic E-state index is 11.7. The Balaban J connectivity index is 2.47. The summed E-state index contributed by atoms with van der Waals surface area (Å²) < 4.78 is 4.72. The molecule has 0 radical (unpaired) electrons. The number of hydrogen-bond acceptors (Lipinski definition) is 3. The Morgan fingerprint density at radius 2 is 2.06 bits per heavy atom. The van der Waals surface area contributed by atoms with E-state index in [2.05, 4.69) is 10.3 Å². The molecule has 1 aromatic carbocycles. The van der Waals surface area contributed by atoms with Crippen LogP contribution in [0, 0.1) is 0 Å². The number of fused-ring (bicyclic) bond motifs is 1. The van der Waals surface area contributed by atoms with Gasteiger partial charge in [0.15, 0.2) is 6.04 Å². The van der Waals surface area contributed by atoms with E-state index in [0.29, 0.717) is 5.56 Å². The average Bonchev–Trinajstić information content (AvgIpc) is 2.78. The molecule has 0 spiro atoms. The molecule has 18 heavy (non-hydrogen) atoms. The molecule has 94 valence electrons. The van der Waals surface area contributed by atoms with Crippen LogP contribution in [0.2, 0.25) is 0 Å². The molecule has 2 rings (SSSR count). The summed E-state index contributed by atoms with van der Waals surface area (Å²) in [6, 6.07) is 6.78. The number of methoxy groups -OCH3 is 1. The van der Waals surface area contributed by atoms with Crippen LogP contribution in [0.15, 0.2) is 30.5 Å². The molecule has 5 heteroatoms. The molecule has 1 aromatic heterocycles. The van der Waals surface area contributed by atoms with E-state index in [9.17, 15) is 9.59 Å². The number of rotatable bonds is 3. The second-order valence-corrected chi connectivity index (χ2v) is 3.95. The molecule has 0 aliphatic heterocycles.